The van der Waals surface area contributed by atoms with Crippen LogP contribution in [0.25, 0.3) is 0 Å². The van der Waals surface area contributed by atoms with Crippen molar-refractivity contribution in [3.05, 3.63) is 71.8 Å². The Bertz CT molecular complexity index is 530. The maximum absolute atomic E-state index is 9.89. The molecule has 2 aromatic carbocycles. The zero-order chi connectivity index (χ0) is 13.8. The lowest BCUT2D eigenvalue weighted by Gasteiger charge is -2.40. The van der Waals surface area contributed by atoms with Crippen molar-refractivity contribution in [1.82, 2.24) is 5.32 Å². The average Bonchev–Trinajstić information content (AvgIpc) is 2.56. The molecule has 0 radical (unpaired) electrons. The van der Waals surface area contributed by atoms with Crippen molar-refractivity contribution in [3.8, 4) is 0 Å². The number of rotatable bonds is 3. The standard InChI is InChI=1S/C18H21NO/c20-14-18(17-9-5-2-6-10-17)12-11-16(13-19-18)15-7-3-1-4-8-15/h1-10,16,19-20H,11-14H2. The Kier molecular flexibility index (Phi) is 3.86. The maximum Gasteiger partial charge on any atom is 0.0669 e. The molecule has 0 saturated carbocycles. The Morgan fingerprint density at radius 3 is 2.20 bits per heavy atom. The lowest BCUT2D eigenvalue weighted by molar-refractivity contribution is 0.124. The van der Waals surface area contributed by atoms with E-state index in [2.05, 4.69) is 47.8 Å². The number of hydrogen-bond acceptors (Lipinski definition) is 2. The largest absolute Gasteiger partial charge is 0.394 e. The highest BCUT2D eigenvalue weighted by atomic mass is 16.3. The molecule has 20 heavy (non-hydrogen) atoms. The van der Waals surface area contributed by atoms with Crippen LogP contribution in [0.2, 0.25) is 0 Å². The lowest BCUT2D eigenvalue weighted by atomic mass is 9.78. The Morgan fingerprint density at radius 2 is 1.65 bits per heavy atom. The van der Waals surface area contributed by atoms with Crippen molar-refractivity contribution in [1.29, 1.82) is 0 Å². The van der Waals surface area contributed by atoms with Gasteiger partial charge in [-0.3, -0.25) is 0 Å². The summed E-state index contributed by atoms with van der Waals surface area (Å²) in [6.07, 6.45) is 2.07. The number of benzene rings is 2. The Labute approximate surface area is 120 Å². The van der Waals surface area contributed by atoms with Crippen molar-refractivity contribution in [2.24, 2.45) is 0 Å². The van der Waals surface area contributed by atoms with Crippen molar-refractivity contribution in [3.63, 3.8) is 0 Å². The van der Waals surface area contributed by atoms with E-state index in [1.54, 1.807) is 0 Å². The topological polar surface area (TPSA) is 32.3 Å². The van der Waals surface area contributed by atoms with E-state index in [4.69, 9.17) is 0 Å². The van der Waals surface area contributed by atoms with E-state index in [0.29, 0.717) is 5.92 Å². The molecule has 0 aromatic heterocycles. The quantitative estimate of drug-likeness (QED) is 0.896. The van der Waals surface area contributed by atoms with Gasteiger partial charge in [0.05, 0.1) is 12.1 Å². The first-order chi connectivity index (χ1) is 9.84. The second-order valence-corrected chi connectivity index (χ2v) is 5.63. The van der Waals surface area contributed by atoms with Gasteiger partial charge in [-0.1, -0.05) is 60.7 Å². The summed E-state index contributed by atoms with van der Waals surface area (Å²) in [6, 6.07) is 20.9. The van der Waals surface area contributed by atoms with Crippen LogP contribution in [0, 0.1) is 0 Å². The fourth-order valence-corrected chi connectivity index (χ4v) is 3.17. The van der Waals surface area contributed by atoms with Crippen LogP contribution in [0.4, 0.5) is 0 Å². The van der Waals surface area contributed by atoms with Gasteiger partial charge in [-0.25, -0.2) is 0 Å². The first-order valence-electron chi connectivity index (χ1n) is 7.30. The minimum atomic E-state index is -0.271. The van der Waals surface area contributed by atoms with Crippen LogP contribution in [0.5, 0.6) is 0 Å². The molecule has 0 spiro atoms. The Balaban J connectivity index is 1.77. The molecule has 3 rings (SSSR count). The predicted octanol–water partition coefficient (Wildman–Crippen LogP) is 3.04. The number of aliphatic hydroxyl groups is 1. The van der Waals surface area contributed by atoms with Gasteiger partial charge in [0.2, 0.25) is 0 Å². The fraction of sp³-hybridized carbons (Fsp3) is 0.333. The van der Waals surface area contributed by atoms with Gasteiger partial charge < -0.3 is 10.4 Å². The first kappa shape index (κ1) is 13.3. The molecule has 1 aliphatic rings. The lowest BCUT2D eigenvalue weighted by Crippen LogP contribution is -2.50. The van der Waals surface area contributed by atoms with Crippen LogP contribution < -0.4 is 5.32 Å². The molecule has 104 valence electrons. The number of aliphatic hydroxyl groups excluding tert-OH is 1. The summed E-state index contributed by atoms with van der Waals surface area (Å²) in [5.74, 6) is 0.541. The van der Waals surface area contributed by atoms with E-state index >= 15 is 0 Å². The van der Waals surface area contributed by atoms with E-state index in [1.807, 2.05) is 18.2 Å². The van der Waals surface area contributed by atoms with Gasteiger partial charge in [-0.15, -0.1) is 0 Å². The first-order valence-corrected chi connectivity index (χ1v) is 7.30. The van der Waals surface area contributed by atoms with Crippen LogP contribution >= 0.6 is 0 Å². The second kappa shape index (κ2) is 5.78. The van der Waals surface area contributed by atoms with Gasteiger partial charge in [-0.2, -0.15) is 0 Å². The molecule has 0 aliphatic carbocycles. The van der Waals surface area contributed by atoms with Gasteiger partial charge in [0.15, 0.2) is 0 Å². The van der Waals surface area contributed by atoms with E-state index in [9.17, 15) is 5.11 Å². The molecular formula is C18H21NO. The van der Waals surface area contributed by atoms with Crippen molar-refractivity contribution in [2.45, 2.75) is 24.3 Å². The molecule has 2 heteroatoms. The van der Waals surface area contributed by atoms with E-state index in [-0.39, 0.29) is 12.1 Å². The SMILES string of the molecule is OCC1(c2ccccc2)CCC(c2ccccc2)CN1. The molecule has 2 unspecified atom stereocenters. The highest BCUT2D eigenvalue weighted by Crippen LogP contribution is 2.35. The molecule has 1 heterocycles. The zero-order valence-electron chi connectivity index (χ0n) is 11.6. The van der Waals surface area contributed by atoms with Gasteiger partial charge in [0.1, 0.15) is 0 Å². The monoisotopic (exact) mass is 267 g/mol. The summed E-state index contributed by atoms with van der Waals surface area (Å²) in [4.78, 5) is 0. The van der Waals surface area contributed by atoms with Crippen LogP contribution in [-0.2, 0) is 5.54 Å². The highest BCUT2D eigenvalue weighted by molar-refractivity contribution is 5.28. The fourth-order valence-electron chi connectivity index (χ4n) is 3.17. The molecule has 1 aliphatic heterocycles. The molecular weight excluding hydrogens is 246 g/mol. The van der Waals surface area contributed by atoms with E-state index in [1.165, 1.54) is 11.1 Å². The third-order valence-corrected chi connectivity index (χ3v) is 4.47. The molecule has 1 saturated heterocycles. The molecule has 2 N–H and O–H groups in total. The molecule has 0 bridgehead atoms. The van der Waals surface area contributed by atoms with Crippen LogP contribution in [-0.4, -0.2) is 18.3 Å². The summed E-state index contributed by atoms with van der Waals surface area (Å²) in [5.41, 5.74) is 2.31. The van der Waals surface area contributed by atoms with Crippen LogP contribution in [0.15, 0.2) is 60.7 Å². The maximum atomic E-state index is 9.89. The summed E-state index contributed by atoms with van der Waals surface area (Å²) in [7, 11) is 0. The minimum absolute atomic E-state index is 0.151. The van der Waals surface area contributed by atoms with E-state index < -0.39 is 0 Å². The van der Waals surface area contributed by atoms with Crippen LogP contribution in [0.1, 0.15) is 29.9 Å². The third-order valence-electron chi connectivity index (χ3n) is 4.47. The summed E-state index contributed by atoms with van der Waals surface area (Å²) in [6.45, 7) is 1.07. The predicted molar refractivity (Wildman–Crippen MR) is 81.6 cm³/mol. The highest BCUT2D eigenvalue weighted by Gasteiger charge is 2.36. The molecule has 1 fully saturated rings. The minimum Gasteiger partial charge on any atom is -0.394 e. The van der Waals surface area contributed by atoms with Gasteiger partial charge >= 0.3 is 0 Å². The average molecular weight is 267 g/mol. The summed E-state index contributed by atoms with van der Waals surface area (Å²) in [5, 5.41) is 13.5. The summed E-state index contributed by atoms with van der Waals surface area (Å²) < 4.78 is 0. The number of nitrogens with one attached hydrogen (secondary N) is 1. The molecule has 0 amide bonds. The van der Waals surface area contributed by atoms with E-state index in [0.717, 1.165) is 19.4 Å². The third kappa shape index (κ3) is 2.49. The van der Waals surface area contributed by atoms with Gasteiger partial charge in [0.25, 0.3) is 0 Å². The van der Waals surface area contributed by atoms with Crippen LogP contribution in [0.3, 0.4) is 0 Å². The summed E-state index contributed by atoms with van der Waals surface area (Å²) >= 11 is 0. The second-order valence-electron chi connectivity index (χ2n) is 5.63. The normalized spacial score (nSPS) is 26.4. The Hall–Kier alpha value is -1.64. The van der Waals surface area contributed by atoms with Crippen molar-refractivity contribution >= 4 is 0 Å². The van der Waals surface area contributed by atoms with Crippen molar-refractivity contribution in [2.75, 3.05) is 13.2 Å². The van der Waals surface area contributed by atoms with Gasteiger partial charge in [-0.05, 0) is 29.9 Å². The zero-order valence-corrected chi connectivity index (χ0v) is 11.6. The Morgan fingerprint density at radius 1 is 1.00 bits per heavy atom. The molecule has 2 nitrogen and oxygen atoms in total. The number of hydrogen-bond donors (Lipinski definition) is 2. The smallest absolute Gasteiger partial charge is 0.0669 e. The van der Waals surface area contributed by atoms with Gasteiger partial charge in [0, 0.05) is 6.54 Å². The molecule has 2 atom stereocenters. The number of piperidine rings is 1. The molecule has 2 aromatic rings. The van der Waals surface area contributed by atoms with Crippen molar-refractivity contribution < 1.29 is 5.11 Å².